The molecule has 0 radical (unpaired) electrons. The Morgan fingerprint density at radius 2 is 1.78 bits per heavy atom. The van der Waals surface area contributed by atoms with Crippen molar-refractivity contribution in [1.82, 2.24) is 20.2 Å². The van der Waals surface area contributed by atoms with Crippen molar-refractivity contribution in [3.63, 3.8) is 0 Å². The van der Waals surface area contributed by atoms with Crippen molar-refractivity contribution in [2.75, 3.05) is 10.6 Å². The van der Waals surface area contributed by atoms with Gasteiger partial charge in [-0.1, -0.05) is 12.1 Å². The average molecular weight is 440 g/mol. The number of para-hydroxylation sites is 1. The quantitative estimate of drug-likeness (QED) is 0.443. The van der Waals surface area contributed by atoms with Gasteiger partial charge in [0.25, 0.3) is 5.91 Å². The molecule has 2 N–H and O–H groups in total. The second-order valence-electron chi connectivity index (χ2n) is 6.45. The van der Waals surface area contributed by atoms with Crippen LogP contribution in [0.15, 0.2) is 73.1 Å². The number of halogens is 3. The minimum Gasteiger partial charge on any atom is -0.435 e. The number of nitrogens with one attached hydrogen (secondary N) is 2. The molecule has 8 nitrogen and oxygen atoms in total. The van der Waals surface area contributed by atoms with E-state index in [0.717, 1.165) is 0 Å². The Morgan fingerprint density at radius 1 is 1.00 bits per heavy atom. The lowest BCUT2D eigenvalue weighted by atomic mass is 10.1. The van der Waals surface area contributed by atoms with E-state index in [0.29, 0.717) is 17.1 Å². The van der Waals surface area contributed by atoms with Gasteiger partial charge in [0.2, 0.25) is 0 Å². The minimum atomic E-state index is -2.92. The number of rotatable bonds is 7. The molecule has 0 saturated carbocycles. The van der Waals surface area contributed by atoms with Crippen LogP contribution in [0, 0.1) is 5.82 Å². The maximum Gasteiger partial charge on any atom is 0.387 e. The Bertz CT molecular complexity index is 1220. The number of alkyl halides is 2. The van der Waals surface area contributed by atoms with Crippen LogP contribution in [0.25, 0.3) is 5.69 Å². The van der Waals surface area contributed by atoms with Gasteiger partial charge in [-0.25, -0.2) is 9.07 Å². The Balaban J connectivity index is 1.54. The normalized spacial score (nSPS) is 10.8. The van der Waals surface area contributed by atoms with Gasteiger partial charge in [-0.15, -0.1) is 5.10 Å². The third kappa shape index (κ3) is 4.83. The first kappa shape index (κ1) is 20.8. The minimum absolute atomic E-state index is 0.00881. The zero-order chi connectivity index (χ0) is 22.5. The number of aromatic nitrogens is 4. The fraction of sp³-hybridized carbons (Fsp3) is 0.0476. The molecular formula is C21H15F3N6O2. The number of amides is 1. The van der Waals surface area contributed by atoms with E-state index in [-0.39, 0.29) is 17.0 Å². The summed E-state index contributed by atoms with van der Waals surface area (Å²) in [5, 5.41) is 16.4. The van der Waals surface area contributed by atoms with Crippen molar-refractivity contribution in [1.29, 1.82) is 0 Å². The number of ether oxygens (including phenoxy) is 1. The maximum atomic E-state index is 14.3. The zero-order valence-corrected chi connectivity index (χ0v) is 16.2. The fourth-order valence-corrected chi connectivity index (χ4v) is 2.89. The number of carbonyl (C=O) groups excluding carboxylic acids is 1. The molecule has 0 aliphatic heterocycles. The molecule has 0 spiro atoms. The predicted octanol–water partition coefficient (Wildman–Crippen LogP) is 4.40. The second-order valence-corrected chi connectivity index (χ2v) is 6.45. The summed E-state index contributed by atoms with van der Waals surface area (Å²) in [6, 6.07) is 16.5. The van der Waals surface area contributed by atoms with E-state index < -0.39 is 18.3 Å². The smallest absolute Gasteiger partial charge is 0.387 e. The molecule has 11 heteroatoms. The van der Waals surface area contributed by atoms with Crippen LogP contribution in [-0.4, -0.2) is 32.7 Å². The van der Waals surface area contributed by atoms with E-state index in [1.807, 2.05) is 0 Å². The fourth-order valence-electron chi connectivity index (χ4n) is 2.89. The standard InChI is InChI=1S/C21H15F3N6O2/c22-17-10-7-14(30-12-25-28-29-30)11-19(17)27-20(31)16-3-1-2-4-18(16)26-13-5-8-15(9-6-13)32-21(23)24/h1-12,21,26H,(H,27,31). The Kier molecular flexibility index (Phi) is 5.97. The Labute approximate surface area is 179 Å². The van der Waals surface area contributed by atoms with Crippen molar-refractivity contribution in [2.24, 2.45) is 0 Å². The van der Waals surface area contributed by atoms with Crippen LogP contribution >= 0.6 is 0 Å². The zero-order valence-electron chi connectivity index (χ0n) is 16.2. The van der Waals surface area contributed by atoms with Crippen LogP contribution in [0.5, 0.6) is 5.75 Å². The molecule has 32 heavy (non-hydrogen) atoms. The molecule has 0 bridgehead atoms. The molecule has 0 aliphatic rings. The second kappa shape index (κ2) is 9.16. The molecule has 3 aromatic carbocycles. The highest BCUT2D eigenvalue weighted by atomic mass is 19.3. The molecule has 4 aromatic rings. The predicted molar refractivity (Wildman–Crippen MR) is 110 cm³/mol. The summed E-state index contributed by atoms with van der Waals surface area (Å²) < 4.78 is 44.6. The van der Waals surface area contributed by atoms with Crippen molar-refractivity contribution in [2.45, 2.75) is 6.61 Å². The number of anilines is 3. The van der Waals surface area contributed by atoms with Gasteiger partial charge in [0.15, 0.2) is 0 Å². The van der Waals surface area contributed by atoms with E-state index in [1.165, 1.54) is 53.5 Å². The molecule has 0 saturated heterocycles. The first-order valence-corrected chi connectivity index (χ1v) is 9.25. The van der Waals surface area contributed by atoms with Gasteiger partial charge >= 0.3 is 6.61 Å². The van der Waals surface area contributed by atoms with Gasteiger partial charge in [0.05, 0.1) is 22.6 Å². The summed E-state index contributed by atoms with van der Waals surface area (Å²) in [5.74, 6) is -1.18. The van der Waals surface area contributed by atoms with Crippen LogP contribution in [0.2, 0.25) is 0 Å². The molecule has 1 aromatic heterocycles. The number of hydrogen-bond donors (Lipinski definition) is 2. The molecule has 0 atom stereocenters. The third-order valence-electron chi connectivity index (χ3n) is 4.34. The van der Waals surface area contributed by atoms with Gasteiger partial charge in [-0.2, -0.15) is 8.78 Å². The summed E-state index contributed by atoms with van der Waals surface area (Å²) in [5.41, 5.74) is 1.63. The monoisotopic (exact) mass is 440 g/mol. The third-order valence-corrected chi connectivity index (χ3v) is 4.34. The summed E-state index contributed by atoms with van der Waals surface area (Å²) in [4.78, 5) is 12.9. The van der Waals surface area contributed by atoms with Crippen LogP contribution in [0.1, 0.15) is 10.4 Å². The number of benzene rings is 3. The SMILES string of the molecule is O=C(Nc1cc(-n2cnnn2)ccc1F)c1ccccc1Nc1ccc(OC(F)F)cc1. The summed E-state index contributed by atoms with van der Waals surface area (Å²) in [7, 11) is 0. The Morgan fingerprint density at radius 3 is 2.50 bits per heavy atom. The average Bonchev–Trinajstić information content (AvgIpc) is 3.31. The van der Waals surface area contributed by atoms with Crippen LogP contribution in [0.4, 0.5) is 30.2 Å². The van der Waals surface area contributed by atoms with E-state index in [1.54, 1.807) is 24.3 Å². The first-order valence-electron chi connectivity index (χ1n) is 9.25. The van der Waals surface area contributed by atoms with Crippen molar-refractivity contribution < 1.29 is 22.7 Å². The number of nitrogens with zero attached hydrogens (tertiary/aromatic N) is 4. The summed E-state index contributed by atoms with van der Waals surface area (Å²) in [6.07, 6.45) is 1.34. The molecule has 162 valence electrons. The van der Waals surface area contributed by atoms with E-state index in [2.05, 4.69) is 30.9 Å². The summed E-state index contributed by atoms with van der Waals surface area (Å²) >= 11 is 0. The molecule has 1 heterocycles. The highest BCUT2D eigenvalue weighted by Crippen LogP contribution is 2.25. The lowest BCUT2D eigenvalue weighted by Crippen LogP contribution is -2.15. The van der Waals surface area contributed by atoms with Gasteiger partial charge in [-0.05, 0) is 65.0 Å². The first-order chi connectivity index (χ1) is 15.5. The molecule has 1 amide bonds. The Hall–Kier alpha value is -4.41. The lowest BCUT2D eigenvalue weighted by molar-refractivity contribution is -0.0498. The van der Waals surface area contributed by atoms with Crippen molar-refractivity contribution >= 4 is 23.0 Å². The van der Waals surface area contributed by atoms with Crippen molar-refractivity contribution in [3.05, 3.63) is 84.4 Å². The molecule has 0 fully saturated rings. The maximum absolute atomic E-state index is 14.3. The number of tetrazole rings is 1. The van der Waals surface area contributed by atoms with Crippen LogP contribution in [0.3, 0.4) is 0 Å². The van der Waals surface area contributed by atoms with Gasteiger partial charge in [-0.3, -0.25) is 4.79 Å². The molecular weight excluding hydrogens is 425 g/mol. The summed E-state index contributed by atoms with van der Waals surface area (Å²) in [6.45, 7) is -2.92. The number of carbonyl (C=O) groups is 1. The van der Waals surface area contributed by atoms with E-state index >= 15 is 0 Å². The molecule has 4 rings (SSSR count). The molecule has 0 aliphatic carbocycles. The molecule has 0 unspecified atom stereocenters. The van der Waals surface area contributed by atoms with E-state index in [9.17, 15) is 18.0 Å². The van der Waals surface area contributed by atoms with Gasteiger partial charge in [0.1, 0.15) is 17.9 Å². The largest absolute Gasteiger partial charge is 0.435 e. The van der Waals surface area contributed by atoms with E-state index in [4.69, 9.17) is 0 Å². The highest BCUT2D eigenvalue weighted by Gasteiger charge is 2.15. The van der Waals surface area contributed by atoms with Crippen LogP contribution < -0.4 is 15.4 Å². The highest BCUT2D eigenvalue weighted by molar-refractivity contribution is 6.08. The van der Waals surface area contributed by atoms with Crippen molar-refractivity contribution in [3.8, 4) is 11.4 Å². The topological polar surface area (TPSA) is 94.0 Å². The van der Waals surface area contributed by atoms with Crippen LogP contribution in [-0.2, 0) is 0 Å². The number of hydrogen-bond acceptors (Lipinski definition) is 6. The lowest BCUT2D eigenvalue weighted by Gasteiger charge is -2.14. The van der Waals surface area contributed by atoms with Gasteiger partial charge in [0, 0.05) is 5.69 Å². The van der Waals surface area contributed by atoms with Gasteiger partial charge < -0.3 is 15.4 Å².